The van der Waals surface area contributed by atoms with E-state index >= 15 is 0 Å². The summed E-state index contributed by atoms with van der Waals surface area (Å²) in [4.78, 5) is 41.6. The zero-order valence-corrected chi connectivity index (χ0v) is 17.6. The number of benzene rings is 2. The van der Waals surface area contributed by atoms with E-state index in [1.807, 2.05) is 5.32 Å². The molecule has 4 amide bonds. The van der Waals surface area contributed by atoms with Crippen LogP contribution in [0.15, 0.2) is 42.5 Å². The Bertz CT molecular complexity index is 1260. The van der Waals surface area contributed by atoms with Crippen molar-refractivity contribution in [1.29, 1.82) is 0 Å². The number of alkyl halides is 3. The summed E-state index contributed by atoms with van der Waals surface area (Å²) in [7, 11) is 1.12. The van der Waals surface area contributed by atoms with E-state index in [0.717, 1.165) is 47.5 Å². The van der Waals surface area contributed by atoms with E-state index in [1.54, 1.807) is 0 Å². The van der Waals surface area contributed by atoms with Gasteiger partial charge in [-0.15, -0.1) is 0 Å². The molecule has 0 saturated carbocycles. The summed E-state index contributed by atoms with van der Waals surface area (Å²) in [6, 6.07) is 7.78. The number of hydrogen-bond acceptors (Lipinski definition) is 5. The number of amides is 4. The van der Waals surface area contributed by atoms with Crippen molar-refractivity contribution in [2.45, 2.75) is 11.7 Å². The minimum Gasteiger partial charge on any atom is -0.334 e. The van der Waals surface area contributed by atoms with Crippen LogP contribution in [0.2, 0.25) is 0 Å². The van der Waals surface area contributed by atoms with Gasteiger partial charge < -0.3 is 15.5 Å². The number of fused-ring (bicyclic) bond motifs is 1. The lowest BCUT2D eigenvalue weighted by Gasteiger charge is -2.41. The van der Waals surface area contributed by atoms with Gasteiger partial charge >= 0.3 is 12.2 Å². The van der Waals surface area contributed by atoms with Gasteiger partial charge in [-0.3, -0.25) is 14.9 Å². The zero-order chi connectivity index (χ0) is 24.0. The van der Waals surface area contributed by atoms with Gasteiger partial charge in [0.15, 0.2) is 5.13 Å². The Morgan fingerprint density at radius 2 is 1.85 bits per heavy atom. The average Bonchev–Trinajstić information content (AvgIpc) is 3.12. The third kappa shape index (κ3) is 4.06. The number of nitrogens with one attached hydrogen (secondary N) is 3. The number of aromatic nitrogens is 1. The van der Waals surface area contributed by atoms with Crippen molar-refractivity contribution in [1.82, 2.24) is 15.2 Å². The molecule has 0 aliphatic carbocycles. The number of piperazine rings is 1. The Morgan fingerprint density at radius 1 is 1.15 bits per heavy atom. The molecule has 1 aromatic heterocycles. The fourth-order valence-electron chi connectivity index (χ4n) is 3.43. The van der Waals surface area contributed by atoms with Gasteiger partial charge in [0.25, 0.3) is 5.91 Å². The molecule has 0 spiro atoms. The fraction of sp³-hybridized carbons (Fsp3) is 0.200. The average molecular weight is 481 g/mol. The topological polar surface area (TPSA) is 103 Å². The van der Waals surface area contributed by atoms with Crippen molar-refractivity contribution in [3.63, 3.8) is 0 Å². The number of carbonyl (C=O) groups is 3. The van der Waals surface area contributed by atoms with E-state index in [0.29, 0.717) is 5.69 Å². The Hall–Kier alpha value is -3.74. The largest absolute Gasteiger partial charge is 0.425 e. The SMILES string of the molecule is CN1CC(=O)NC(c2ccc3nc(NC(=O)Nc4ccc(F)cc4)sc3c2)(C(F)(F)F)C1=O. The van der Waals surface area contributed by atoms with E-state index in [2.05, 4.69) is 15.6 Å². The minimum absolute atomic E-state index is 0.0824. The van der Waals surface area contributed by atoms with Gasteiger partial charge in [-0.2, -0.15) is 13.2 Å². The van der Waals surface area contributed by atoms with Gasteiger partial charge in [-0.05, 0) is 42.0 Å². The van der Waals surface area contributed by atoms with Gasteiger partial charge in [0.2, 0.25) is 11.4 Å². The van der Waals surface area contributed by atoms with Gasteiger partial charge in [-0.1, -0.05) is 17.4 Å². The van der Waals surface area contributed by atoms with Crippen LogP contribution in [0.4, 0.5) is 33.2 Å². The molecule has 2 aromatic carbocycles. The first-order chi connectivity index (χ1) is 15.5. The molecule has 33 heavy (non-hydrogen) atoms. The molecule has 1 fully saturated rings. The van der Waals surface area contributed by atoms with Crippen LogP contribution in [0, 0.1) is 5.82 Å². The summed E-state index contributed by atoms with van der Waals surface area (Å²) in [5.74, 6) is -2.73. The molecule has 3 aromatic rings. The maximum absolute atomic E-state index is 14.1. The molecule has 1 aliphatic rings. The predicted octanol–water partition coefficient (Wildman–Crippen LogP) is 3.43. The van der Waals surface area contributed by atoms with Gasteiger partial charge in [0.05, 0.1) is 16.8 Å². The lowest BCUT2D eigenvalue weighted by atomic mass is 9.85. The summed E-state index contributed by atoms with van der Waals surface area (Å²) in [5.41, 5.74) is -3.11. The standard InChI is InChI=1S/C20H15F4N5O3S/c1-29-9-15(30)28-19(16(29)31,20(22,23)24)10-2-7-13-14(8-10)33-18(26-13)27-17(32)25-12-5-3-11(21)4-6-12/h2-8H,9H2,1H3,(H,28,30)(H2,25,26,27,32). The molecule has 8 nitrogen and oxygen atoms in total. The molecule has 13 heteroatoms. The first-order valence-electron chi connectivity index (χ1n) is 9.37. The van der Waals surface area contributed by atoms with E-state index in [4.69, 9.17) is 0 Å². The summed E-state index contributed by atoms with van der Waals surface area (Å²) in [5, 5.41) is 6.83. The highest BCUT2D eigenvalue weighted by atomic mass is 32.1. The number of anilines is 2. The van der Waals surface area contributed by atoms with Crippen molar-refractivity contribution >= 4 is 50.2 Å². The summed E-state index contributed by atoms with van der Waals surface area (Å²) >= 11 is 0.881. The number of urea groups is 1. The van der Waals surface area contributed by atoms with Crippen LogP contribution in [-0.4, -0.2) is 47.5 Å². The highest BCUT2D eigenvalue weighted by Crippen LogP contribution is 2.43. The molecule has 1 saturated heterocycles. The Balaban J connectivity index is 1.64. The molecule has 1 aliphatic heterocycles. The van der Waals surface area contributed by atoms with Gasteiger partial charge in [0, 0.05) is 12.7 Å². The van der Waals surface area contributed by atoms with Crippen LogP contribution in [0.1, 0.15) is 5.56 Å². The Labute approximate surface area is 187 Å². The first-order valence-corrected chi connectivity index (χ1v) is 10.2. The number of thiazole rings is 1. The number of carbonyl (C=O) groups excluding carboxylic acids is 3. The number of likely N-dealkylation sites (N-methyl/N-ethyl adjacent to an activating group) is 1. The molecular weight excluding hydrogens is 466 g/mol. The third-order valence-electron chi connectivity index (χ3n) is 4.94. The van der Waals surface area contributed by atoms with Crippen molar-refractivity contribution in [3.05, 3.63) is 53.8 Å². The maximum Gasteiger partial charge on any atom is 0.425 e. The van der Waals surface area contributed by atoms with Crippen LogP contribution in [0.5, 0.6) is 0 Å². The second-order valence-electron chi connectivity index (χ2n) is 7.24. The number of rotatable bonds is 3. The third-order valence-corrected chi connectivity index (χ3v) is 5.88. The van der Waals surface area contributed by atoms with Crippen LogP contribution in [0.3, 0.4) is 0 Å². The molecule has 0 bridgehead atoms. The molecule has 0 radical (unpaired) electrons. The smallest absolute Gasteiger partial charge is 0.334 e. The van der Waals surface area contributed by atoms with Crippen LogP contribution >= 0.6 is 11.3 Å². The van der Waals surface area contributed by atoms with E-state index in [-0.39, 0.29) is 15.3 Å². The van der Waals surface area contributed by atoms with E-state index in [1.165, 1.54) is 18.2 Å². The van der Waals surface area contributed by atoms with E-state index < -0.39 is 47.5 Å². The summed E-state index contributed by atoms with van der Waals surface area (Å²) < 4.78 is 55.6. The molecular formula is C20H15F4N5O3S. The Morgan fingerprint density at radius 3 is 2.52 bits per heavy atom. The maximum atomic E-state index is 14.1. The Kier molecular flexibility index (Phi) is 5.44. The zero-order valence-electron chi connectivity index (χ0n) is 16.8. The van der Waals surface area contributed by atoms with Crippen molar-refractivity contribution in [2.24, 2.45) is 0 Å². The molecule has 1 unspecified atom stereocenters. The fourth-order valence-corrected chi connectivity index (χ4v) is 4.33. The van der Waals surface area contributed by atoms with Crippen molar-refractivity contribution < 1.29 is 31.9 Å². The molecule has 172 valence electrons. The van der Waals surface area contributed by atoms with E-state index in [9.17, 15) is 31.9 Å². The highest BCUT2D eigenvalue weighted by Gasteiger charge is 2.65. The van der Waals surface area contributed by atoms with Crippen LogP contribution in [-0.2, 0) is 15.1 Å². The molecule has 3 N–H and O–H groups in total. The lowest BCUT2D eigenvalue weighted by molar-refractivity contribution is -0.214. The van der Waals surface area contributed by atoms with Crippen LogP contribution < -0.4 is 16.0 Å². The van der Waals surface area contributed by atoms with Crippen LogP contribution in [0.25, 0.3) is 10.2 Å². The second-order valence-corrected chi connectivity index (χ2v) is 8.28. The summed E-state index contributed by atoms with van der Waals surface area (Å²) in [6.07, 6.45) is -5.11. The molecule has 4 rings (SSSR count). The number of hydrogen-bond donors (Lipinski definition) is 3. The molecule has 1 atom stereocenters. The van der Waals surface area contributed by atoms with Gasteiger partial charge in [0.1, 0.15) is 5.82 Å². The highest BCUT2D eigenvalue weighted by molar-refractivity contribution is 7.22. The molecule has 2 heterocycles. The van der Waals surface area contributed by atoms with Gasteiger partial charge in [-0.25, -0.2) is 14.2 Å². The van der Waals surface area contributed by atoms with Crippen molar-refractivity contribution in [2.75, 3.05) is 24.2 Å². The lowest BCUT2D eigenvalue weighted by Crippen LogP contribution is -2.69. The number of halogens is 4. The minimum atomic E-state index is -5.11. The normalized spacial score (nSPS) is 18.9. The first kappa shape index (κ1) is 22.5. The monoisotopic (exact) mass is 481 g/mol. The quantitative estimate of drug-likeness (QED) is 0.499. The second kappa shape index (κ2) is 7.99. The van der Waals surface area contributed by atoms with Crippen molar-refractivity contribution in [3.8, 4) is 0 Å². The predicted molar refractivity (Wildman–Crippen MR) is 112 cm³/mol. The summed E-state index contributed by atoms with van der Waals surface area (Å²) in [6.45, 7) is -0.489. The number of nitrogens with zero attached hydrogens (tertiary/aromatic N) is 2.